The first-order valence-corrected chi connectivity index (χ1v) is 6.42. The molecule has 0 saturated heterocycles. The van der Waals surface area contributed by atoms with Crippen LogP contribution in [0.4, 0.5) is 0 Å². The van der Waals surface area contributed by atoms with Gasteiger partial charge in [-0.05, 0) is 25.5 Å². The minimum atomic E-state index is -1.01. The number of unbranched alkanes of at least 4 members (excludes halogenated alkanes) is 1. The van der Waals surface area contributed by atoms with Crippen molar-refractivity contribution in [2.24, 2.45) is 0 Å². The van der Waals surface area contributed by atoms with Gasteiger partial charge in [-0.25, -0.2) is 4.79 Å². The molecule has 0 spiro atoms. The van der Waals surface area contributed by atoms with Gasteiger partial charge in [0.25, 0.3) is 0 Å². The molecule has 0 radical (unpaired) electrons. The van der Waals surface area contributed by atoms with Crippen molar-refractivity contribution in [3.63, 3.8) is 0 Å². The minimum absolute atomic E-state index is 0.461. The molecule has 106 valence electrons. The molecule has 1 rings (SSSR count). The van der Waals surface area contributed by atoms with E-state index >= 15 is 0 Å². The first kappa shape index (κ1) is 15.6. The predicted molar refractivity (Wildman–Crippen MR) is 77.8 cm³/mol. The lowest BCUT2D eigenvalue weighted by Crippen LogP contribution is -2.02. The molecule has 0 fully saturated rings. The Morgan fingerprint density at radius 2 is 2.25 bits per heavy atom. The molecule has 1 aromatic rings. The number of para-hydroxylation sites is 1. The minimum Gasteiger partial charge on any atom is -0.490 e. The quantitative estimate of drug-likeness (QED) is 0.450. The zero-order chi connectivity index (χ0) is 14.8. The fourth-order valence-corrected chi connectivity index (χ4v) is 1.60. The second kappa shape index (κ2) is 8.65. The van der Waals surface area contributed by atoms with E-state index in [-0.39, 0.29) is 0 Å². The highest BCUT2D eigenvalue weighted by atomic mass is 16.5. The van der Waals surface area contributed by atoms with Crippen LogP contribution in [-0.2, 0) is 4.79 Å². The summed E-state index contributed by atoms with van der Waals surface area (Å²) in [6, 6.07) is 5.36. The van der Waals surface area contributed by atoms with Crippen molar-refractivity contribution in [3.05, 3.63) is 29.8 Å². The van der Waals surface area contributed by atoms with Gasteiger partial charge in [0.2, 0.25) is 0 Å². The van der Waals surface area contributed by atoms with E-state index in [0.29, 0.717) is 36.7 Å². The average Bonchev–Trinajstić information content (AvgIpc) is 2.43. The molecule has 0 aliphatic carbocycles. The molecule has 0 atom stereocenters. The maximum atomic E-state index is 10.6. The average molecular weight is 274 g/mol. The van der Waals surface area contributed by atoms with Crippen molar-refractivity contribution < 1.29 is 19.4 Å². The second-order valence-corrected chi connectivity index (χ2v) is 3.94. The lowest BCUT2D eigenvalue weighted by Gasteiger charge is -2.14. The van der Waals surface area contributed by atoms with Gasteiger partial charge in [0.05, 0.1) is 13.2 Å². The van der Waals surface area contributed by atoms with Crippen molar-refractivity contribution >= 4 is 12.0 Å². The summed E-state index contributed by atoms with van der Waals surface area (Å²) in [6.07, 6.45) is 9.12. The van der Waals surface area contributed by atoms with E-state index in [4.69, 9.17) is 21.0 Å². The second-order valence-electron chi connectivity index (χ2n) is 3.94. The summed E-state index contributed by atoms with van der Waals surface area (Å²) in [6.45, 7) is 2.84. The Kier molecular flexibility index (Phi) is 6.77. The van der Waals surface area contributed by atoms with Gasteiger partial charge in [0.15, 0.2) is 11.5 Å². The molecule has 0 saturated carbocycles. The number of rotatable bonds is 8. The van der Waals surface area contributed by atoms with E-state index < -0.39 is 5.97 Å². The molecule has 1 N–H and O–H groups in total. The summed E-state index contributed by atoms with van der Waals surface area (Å²) in [5, 5.41) is 8.70. The third-order valence-electron chi connectivity index (χ3n) is 2.43. The largest absolute Gasteiger partial charge is 0.490 e. The highest BCUT2D eigenvalue weighted by Crippen LogP contribution is 2.32. The zero-order valence-corrected chi connectivity index (χ0v) is 11.5. The number of terminal acetylenes is 1. The van der Waals surface area contributed by atoms with Gasteiger partial charge in [-0.1, -0.05) is 12.1 Å². The molecular formula is C16H18O4. The summed E-state index contributed by atoms with van der Waals surface area (Å²) in [4.78, 5) is 10.6. The number of aliphatic carboxylic acids is 1. The number of ether oxygens (including phenoxy) is 2. The van der Waals surface area contributed by atoms with E-state index in [0.717, 1.165) is 12.5 Å². The molecule has 1 aromatic carbocycles. The van der Waals surface area contributed by atoms with E-state index in [9.17, 15) is 4.79 Å². The van der Waals surface area contributed by atoms with Gasteiger partial charge in [-0.2, -0.15) is 0 Å². The molecule has 20 heavy (non-hydrogen) atoms. The zero-order valence-electron chi connectivity index (χ0n) is 11.5. The number of benzene rings is 1. The molecule has 0 amide bonds. The summed E-state index contributed by atoms with van der Waals surface area (Å²) >= 11 is 0. The van der Waals surface area contributed by atoms with Crippen LogP contribution < -0.4 is 9.47 Å². The molecule has 0 unspecified atom stereocenters. The van der Waals surface area contributed by atoms with Gasteiger partial charge in [-0.15, -0.1) is 12.3 Å². The summed E-state index contributed by atoms with van der Waals surface area (Å²) in [5.74, 6) is 2.68. The van der Waals surface area contributed by atoms with E-state index in [1.54, 1.807) is 18.2 Å². The molecule has 0 aromatic heterocycles. The van der Waals surface area contributed by atoms with Crippen LogP contribution in [0.15, 0.2) is 24.3 Å². The summed E-state index contributed by atoms with van der Waals surface area (Å²) in [7, 11) is 0. The fraction of sp³-hybridized carbons (Fsp3) is 0.312. The first-order valence-electron chi connectivity index (χ1n) is 6.42. The molecule has 0 aliphatic rings. The maximum Gasteiger partial charge on any atom is 0.328 e. The topological polar surface area (TPSA) is 55.8 Å². The van der Waals surface area contributed by atoms with Crippen LogP contribution in [-0.4, -0.2) is 24.3 Å². The SMILES string of the molecule is C#CCCCOc1c(/C=C/C(=O)O)cccc1OCC. The lowest BCUT2D eigenvalue weighted by atomic mass is 10.1. The number of carboxylic acids is 1. The number of hydrogen-bond acceptors (Lipinski definition) is 3. The third-order valence-corrected chi connectivity index (χ3v) is 2.43. The molecule has 0 heterocycles. The number of carbonyl (C=O) groups is 1. The highest BCUT2D eigenvalue weighted by Gasteiger charge is 2.09. The van der Waals surface area contributed by atoms with Crippen molar-refractivity contribution in [3.8, 4) is 23.8 Å². The van der Waals surface area contributed by atoms with Crippen LogP contribution in [0, 0.1) is 12.3 Å². The van der Waals surface area contributed by atoms with Crippen molar-refractivity contribution in [2.45, 2.75) is 19.8 Å². The van der Waals surface area contributed by atoms with Gasteiger partial charge < -0.3 is 14.6 Å². The normalized spacial score (nSPS) is 10.2. The van der Waals surface area contributed by atoms with Crippen LogP contribution in [0.25, 0.3) is 6.08 Å². The van der Waals surface area contributed by atoms with Gasteiger partial charge in [0.1, 0.15) is 0 Å². The summed E-state index contributed by atoms with van der Waals surface area (Å²) in [5.41, 5.74) is 0.666. The molecule has 0 bridgehead atoms. The summed E-state index contributed by atoms with van der Waals surface area (Å²) < 4.78 is 11.2. The van der Waals surface area contributed by atoms with Crippen LogP contribution in [0.1, 0.15) is 25.3 Å². The van der Waals surface area contributed by atoms with Crippen LogP contribution in [0.5, 0.6) is 11.5 Å². The van der Waals surface area contributed by atoms with Crippen molar-refractivity contribution in [2.75, 3.05) is 13.2 Å². The molecule has 4 heteroatoms. The molecule has 0 aliphatic heterocycles. The van der Waals surface area contributed by atoms with Gasteiger partial charge in [-0.3, -0.25) is 0 Å². The van der Waals surface area contributed by atoms with Crippen LogP contribution in [0.2, 0.25) is 0 Å². The predicted octanol–water partition coefficient (Wildman–Crippen LogP) is 2.98. The maximum absolute atomic E-state index is 10.6. The smallest absolute Gasteiger partial charge is 0.328 e. The number of hydrogen-bond donors (Lipinski definition) is 1. The van der Waals surface area contributed by atoms with Gasteiger partial charge >= 0.3 is 5.97 Å². The van der Waals surface area contributed by atoms with E-state index in [1.807, 2.05) is 6.92 Å². The standard InChI is InChI=1S/C16H18O4/c1-3-5-6-12-20-16-13(10-11-15(17)18)8-7-9-14(16)19-4-2/h1,7-11H,4-6,12H2,2H3,(H,17,18)/b11-10+. The Balaban J connectivity index is 2.94. The lowest BCUT2D eigenvalue weighted by molar-refractivity contribution is -0.131. The molecule has 4 nitrogen and oxygen atoms in total. The Bertz CT molecular complexity index is 512. The third kappa shape index (κ3) is 5.07. The highest BCUT2D eigenvalue weighted by molar-refractivity contribution is 5.86. The number of carboxylic acid groups (broad SMARTS) is 1. The van der Waals surface area contributed by atoms with Crippen molar-refractivity contribution in [1.82, 2.24) is 0 Å². The van der Waals surface area contributed by atoms with Crippen LogP contribution in [0.3, 0.4) is 0 Å². The fourth-order valence-electron chi connectivity index (χ4n) is 1.60. The Hall–Kier alpha value is -2.41. The molecular weight excluding hydrogens is 256 g/mol. The monoisotopic (exact) mass is 274 g/mol. The Morgan fingerprint density at radius 3 is 2.90 bits per heavy atom. The van der Waals surface area contributed by atoms with Gasteiger partial charge in [0, 0.05) is 18.1 Å². The Labute approximate surface area is 119 Å². The van der Waals surface area contributed by atoms with Crippen LogP contribution >= 0.6 is 0 Å². The van der Waals surface area contributed by atoms with E-state index in [1.165, 1.54) is 6.08 Å². The Morgan fingerprint density at radius 1 is 1.45 bits per heavy atom. The van der Waals surface area contributed by atoms with E-state index in [2.05, 4.69) is 5.92 Å². The first-order chi connectivity index (χ1) is 9.69. The van der Waals surface area contributed by atoms with Crippen molar-refractivity contribution in [1.29, 1.82) is 0 Å².